The Kier molecular flexibility index (Phi) is 2.83. The molecular weight excluding hydrogens is 206 g/mol. The predicted octanol–water partition coefficient (Wildman–Crippen LogP) is 1.53. The van der Waals surface area contributed by atoms with Crippen LogP contribution in [0.5, 0.6) is 5.75 Å². The van der Waals surface area contributed by atoms with Crippen molar-refractivity contribution in [3.05, 3.63) is 23.8 Å². The second-order valence-electron chi connectivity index (χ2n) is 4.26. The molecule has 1 aromatic rings. The first-order valence-corrected chi connectivity index (χ1v) is 5.33. The Balaban J connectivity index is 2.32. The minimum atomic E-state index is -0.457. The smallest absolute Gasteiger partial charge is 0.265 e. The van der Waals surface area contributed by atoms with Gasteiger partial charge in [-0.25, -0.2) is 0 Å². The summed E-state index contributed by atoms with van der Waals surface area (Å²) in [4.78, 5) is 11.7. The second kappa shape index (κ2) is 4.14. The SMILES string of the molecule is CC(C)C1Oc2cc(CO)ccc2NC1=O. The summed E-state index contributed by atoms with van der Waals surface area (Å²) >= 11 is 0. The number of aliphatic hydroxyl groups excluding tert-OH is 1. The highest BCUT2D eigenvalue weighted by molar-refractivity contribution is 5.97. The minimum Gasteiger partial charge on any atom is -0.478 e. The van der Waals surface area contributed by atoms with Crippen molar-refractivity contribution in [2.24, 2.45) is 5.92 Å². The van der Waals surface area contributed by atoms with E-state index in [4.69, 9.17) is 9.84 Å². The number of carbonyl (C=O) groups excluding carboxylic acids is 1. The molecule has 0 saturated heterocycles. The maximum Gasteiger partial charge on any atom is 0.265 e. The lowest BCUT2D eigenvalue weighted by atomic mass is 10.0. The van der Waals surface area contributed by atoms with Crippen LogP contribution in [0, 0.1) is 5.92 Å². The van der Waals surface area contributed by atoms with E-state index in [0.29, 0.717) is 11.4 Å². The maximum atomic E-state index is 11.7. The molecule has 0 fully saturated rings. The van der Waals surface area contributed by atoms with E-state index in [1.165, 1.54) is 0 Å². The summed E-state index contributed by atoms with van der Waals surface area (Å²) in [5.74, 6) is 0.634. The van der Waals surface area contributed by atoms with Crippen molar-refractivity contribution in [1.29, 1.82) is 0 Å². The number of carbonyl (C=O) groups is 1. The van der Waals surface area contributed by atoms with Crippen LogP contribution in [0.2, 0.25) is 0 Å². The number of aliphatic hydroxyl groups is 1. The van der Waals surface area contributed by atoms with Crippen molar-refractivity contribution in [2.45, 2.75) is 26.6 Å². The summed E-state index contributed by atoms with van der Waals surface area (Å²) in [6.45, 7) is 3.84. The Morgan fingerprint density at radius 3 is 2.88 bits per heavy atom. The summed E-state index contributed by atoms with van der Waals surface area (Å²) in [5.41, 5.74) is 1.44. The number of hydrogen-bond acceptors (Lipinski definition) is 3. The fourth-order valence-corrected chi connectivity index (χ4v) is 1.70. The third kappa shape index (κ3) is 1.88. The molecule has 4 heteroatoms. The molecule has 1 atom stereocenters. The van der Waals surface area contributed by atoms with Crippen LogP contribution in [-0.4, -0.2) is 17.1 Å². The van der Waals surface area contributed by atoms with Gasteiger partial charge in [0.25, 0.3) is 5.91 Å². The molecule has 0 radical (unpaired) electrons. The van der Waals surface area contributed by atoms with Crippen molar-refractivity contribution >= 4 is 11.6 Å². The van der Waals surface area contributed by atoms with Gasteiger partial charge in [-0.1, -0.05) is 19.9 Å². The molecule has 1 heterocycles. The standard InChI is InChI=1S/C12H15NO3/c1-7(2)11-12(15)13-9-4-3-8(6-14)5-10(9)16-11/h3-5,7,11,14H,6H2,1-2H3,(H,13,15). The van der Waals surface area contributed by atoms with Gasteiger partial charge in [0.15, 0.2) is 6.10 Å². The summed E-state index contributed by atoms with van der Waals surface area (Å²) in [7, 11) is 0. The zero-order chi connectivity index (χ0) is 11.7. The number of nitrogens with one attached hydrogen (secondary N) is 1. The van der Waals surface area contributed by atoms with E-state index in [9.17, 15) is 4.79 Å². The molecule has 16 heavy (non-hydrogen) atoms. The second-order valence-corrected chi connectivity index (χ2v) is 4.26. The molecule has 0 aromatic heterocycles. The van der Waals surface area contributed by atoms with Gasteiger partial charge < -0.3 is 15.2 Å². The molecule has 1 unspecified atom stereocenters. The van der Waals surface area contributed by atoms with Gasteiger partial charge in [0.2, 0.25) is 0 Å². The molecule has 1 aliphatic rings. The Bertz CT molecular complexity index is 415. The maximum absolute atomic E-state index is 11.7. The molecule has 1 aromatic carbocycles. The minimum absolute atomic E-state index is 0.0308. The van der Waals surface area contributed by atoms with Gasteiger partial charge >= 0.3 is 0 Å². The van der Waals surface area contributed by atoms with Crippen LogP contribution < -0.4 is 10.1 Å². The Labute approximate surface area is 94.2 Å². The third-order valence-electron chi connectivity index (χ3n) is 2.60. The van der Waals surface area contributed by atoms with E-state index in [2.05, 4.69) is 5.32 Å². The zero-order valence-corrected chi connectivity index (χ0v) is 9.36. The first-order valence-electron chi connectivity index (χ1n) is 5.33. The number of hydrogen-bond donors (Lipinski definition) is 2. The van der Waals surface area contributed by atoms with E-state index in [1.807, 2.05) is 13.8 Å². The van der Waals surface area contributed by atoms with Gasteiger partial charge in [-0.15, -0.1) is 0 Å². The van der Waals surface area contributed by atoms with Gasteiger partial charge in [0.1, 0.15) is 5.75 Å². The summed E-state index contributed by atoms with van der Waals surface area (Å²) < 4.78 is 5.62. The van der Waals surface area contributed by atoms with Crippen molar-refractivity contribution in [3.63, 3.8) is 0 Å². The first-order chi connectivity index (χ1) is 7.61. The van der Waals surface area contributed by atoms with E-state index in [0.717, 1.165) is 5.56 Å². The van der Waals surface area contributed by atoms with E-state index in [1.54, 1.807) is 18.2 Å². The fraction of sp³-hybridized carbons (Fsp3) is 0.417. The molecule has 0 spiro atoms. The lowest BCUT2D eigenvalue weighted by Crippen LogP contribution is -2.40. The summed E-state index contributed by atoms with van der Waals surface area (Å²) in [5, 5.41) is 11.8. The number of amides is 1. The lowest BCUT2D eigenvalue weighted by molar-refractivity contribution is -0.125. The molecule has 0 aliphatic carbocycles. The lowest BCUT2D eigenvalue weighted by Gasteiger charge is -2.28. The van der Waals surface area contributed by atoms with Crippen LogP contribution in [0.15, 0.2) is 18.2 Å². The van der Waals surface area contributed by atoms with E-state index in [-0.39, 0.29) is 18.4 Å². The normalized spacial score (nSPS) is 19.0. The van der Waals surface area contributed by atoms with Crippen LogP contribution in [-0.2, 0) is 11.4 Å². The van der Waals surface area contributed by atoms with Gasteiger partial charge in [-0.05, 0) is 23.6 Å². The quantitative estimate of drug-likeness (QED) is 0.796. The number of anilines is 1. The highest BCUT2D eigenvalue weighted by Gasteiger charge is 2.30. The molecule has 1 amide bonds. The van der Waals surface area contributed by atoms with Crippen LogP contribution in [0.25, 0.3) is 0 Å². The number of rotatable bonds is 2. The Hall–Kier alpha value is -1.55. The van der Waals surface area contributed by atoms with E-state index >= 15 is 0 Å². The third-order valence-corrected chi connectivity index (χ3v) is 2.60. The first kappa shape index (κ1) is 11.0. The van der Waals surface area contributed by atoms with Crippen molar-refractivity contribution in [1.82, 2.24) is 0 Å². The Morgan fingerprint density at radius 2 is 2.25 bits per heavy atom. The zero-order valence-electron chi connectivity index (χ0n) is 9.36. The molecular formula is C12H15NO3. The van der Waals surface area contributed by atoms with Crippen molar-refractivity contribution < 1.29 is 14.6 Å². The average molecular weight is 221 g/mol. The van der Waals surface area contributed by atoms with Crippen LogP contribution in [0.1, 0.15) is 19.4 Å². The van der Waals surface area contributed by atoms with Gasteiger partial charge in [-0.2, -0.15) is 0 Å². The molecule has 86 valence electrons. The largest absolute Gasteiger partial charge is 0.478 e. The van der Waals surface area contributed by atoms with Gasteiger partial charge in [-0.3, -0.25) is 4.79 Å². The highest BCUT2D eigenvalue weighted by Crippen LogP contribution is 2.32. The highest BCUT2D eigenvalue weighted by atomic mass is 16.5. The van der Waals surface area contributed by atoms with E-state index < -0.39 is 6.10 Å². The predicted molar refractivity (Wildman–Crippen MR) is 60.2 cm³/mol. The Morgan fingerprint density at radius 1 is 1.50 bits per heavy atom. The number of ether oxygens (including phenoxy) is 1. The van der Waals surface area contributed by atoms with Crippen molar-refractivity contribution in [3.8, 4) is 5.75 Å². The van der Waals surface area contributed by atoms with Gasteiger partial charge in [0, 0.05) is 0 Å². The van der Waals surface area contributed by atoms with Crippen LogP contribution >= 0.6 is 0 Å². The average Bonchev–Trinajstić information content (AvgIpc) is 2.27. The number of fused-ring (bicyclic) bond motifs is 1. The molecule has 0 saturated carbocycles. The fourth-order valence-electron chi connectivity index (χ4n) is 1.70. The number of benzene rings is 1. The topological polar surface area (TPSA) is 58.6 Å². The molecule has 0 bridgehead atoms. The summed E-state index contributed by atoms with van der Waals surface area (Å²) in [6, 6.07) is 5.26. The molecule has 4 nitrogen and oxygen atoms in total. The molecule has 2 rings (SSSR count). The molecule has 1 aliphatic heterocycles. The van der Waals surface area contributed by atoms with Gasteiger partial charge in [0.05, 0.1) is 12.3 Å². The van der Waals surface area contributed by atoms with Crippen LogP contribution in [0.4, 0.5) is 5.69 Å². The summed E-state index contributed by atoms with van der Waals surface area (Å²) in [6.07, 6.45) is -0.457. The van der Waals surface area contributed by atoms with Crippen molar-refractivity contribution in [2.75, 3.05) is 5.32 Å². The van der Waals surface area contributed by atoms with Crippen LogP contribution in [0.3, 0.4) is 0 Å². The molecule has 2 N–H and O–H groups in total. The monoisotopic (exact) mass is 221 g/mol.